The third-order valence-corrected chi connectivity index (χ3v) is 6.55. The zero-order valence-corrected chi connectivity index (χ0v) is 17.3. The topological polar surface area (TPSA) is 95.9 Å². The predicted octanol–water partition coefficient (Wildman–Crippen LogP) is 2.49. The van der Waals surface area contributed by atoms with Crippen molar-refractivity contribution in [3.8, 4) is 0 Å². The minimum Gasteiger partial charge on any atom is -0.329 e. The van der Waals surface area contributed by atoms with Gasteiger partial charge >= 0.3 is 0 Å². The second-order valence-electron chi connectivity index (χ2n) is 8.10. The Labute approximate surface area is 174 Å². The van der Waals surface area contributed by atoms with Gasteiger partial charge in [0, 0.05) is 42.3 Å². The normalized spacial score (nSPS) is 22.6. The maximum Gasteiger partial charge on any atom is 0.275 e. The van der Waals surface area contributed by atoms with Gasteiger partial charge in [0.2, 0.25) is 5.91 Å². The number of carbonyl (C=O) groups is 2. The van der Waals surface area contributed by atoms with Crippen LogP contribution in [0.15, 0.2) is 36.7 Å². The van der Waals surface area contributed by atoms with Gasteiger partial charge < -0.3 is 10.2 Å². The van der Waals surface area contributed by atoms with Crippen molar-refractivity contribution in [2.45, 2.75) is 38.1 Å². The monoisotopic (exact) mass is 404 g/mol. The van der Waals surface area contributed by atoms with E-state index in [1.165, 1.54) is 0 Å². The molecule has 30 heavy (non-hydrogen) atoms. The van der Waals surface area contributed by atoms with Crippen molar-refractivity contribution in [1.82, 2.24) is 24.9 Å². The van der Waals surface area contributed by atoms with E-state index in [2.05, 4.69) is 20.6 Å². The second kappa shape index (κ2) is 6.55. The van der Waals surface area contributed by atoms with Gasteiger partial charge in [-0.05, 0) is 31.4 Å². The fourth-order valence-electron chi connectivity index (χ4n) is 5.07. The molecule has 2 N–H and O–H groups in total. The van der Waals surface area contributed by atoms with Gasteiger partial charge in [-0.25, -0.2) is 0 Å². The maximum atomic E-state index is 13.6. The van der Waals surface area contributed by atoms with Crippen molar-refractivity contribution in [2.75, 3.05) is 11.9 Å². The number of para-hydroxylation sites is 1. The number of fused-ring (bicyclic) bond motifs is 2. The van der Waals surface area contributed by atoms with Crippen LogP contribution in [0.5, 0.6) is 0 Å². The summed E-state index contributed by atoms with van der Waals surface area (Å²) in [7, 11) is 1.84. The Kier molecular flexibility index (Phi) is 4.06. The van der Waals surface area contributed by atoms with E-state index in [-0.39, 0.29) is 11.8 Å². The Morgan fingerprint density at radius 3 is 2.83 bits per heavy atom. The average molecular weight is 404 g/mol. The fraction of sp³-hybridized carbons (Fsp3) is 0.364. The van der Waals surface area contributed by atoms with Gasteiger partial charge in [0.25, 0.3) is 5.91 Å². The van der Waals surface area contributed by atoms with Gasteiger partial charge in [-0.2, -0.15) is 10.2 Å². The number of aromatic amines is 1. The summed E-state index contributed by atoms with van der Waals surface area (Å²) >= 11 is 0. The number of carbonyl (C=O) groups excluding carboxylic acids is 2. The molecule has 0 radical (unpaired) electrons. The van der Waals surface area contributed by atoms with E-state index in [1.54, 1.807) is 15.8 Å². The van der Waals surface area contributed by atoms with Crippen molar-refractivity contribution < 1.29 is 9.59 Å². The number of nitrogens with one attached hydrogen (secondary N) is 2. The number of rotatable bonds is 3. The first-order chi connectivity index (χ1) is 14.5. The minimum atomic E-state index is -0.840. The van der Waals surface area contributed by atoms with Crippen LogP contribution in [0.25, 0.3) is 0 Å². The molecule has 2 unspecified atom stereocenters. The van der Waals surface area contributed by atoms with Crippen molar-refractivity contribution in [3.63, 3.8) is 0 Å². The molecule has 0 aliphatic carbocycles. The number of benzene rings is 1. The molecule has 2 aliphatic heterocycles. The molecule has 1 spiro atoms. The summed E-state index contributed by atoms with van der Waals surface area (Å²) < 4.78 is 1.71. The number of anilines is 1. The third-order valence-electron chi connectivity index (χ3n) is 6.55. The molecule has 8 nitrogen and oxygen atoms in total. The minimum absolute atomic E-state index is 0.0687. The van der Waals surface area contributed by atoms with E-state index in [1.807, 2.05) is 51.4 Å². The van der Waals surface area contributed by atoms with Crippen molar-refractivity contribution in [3.05, 3.63) is 64.7 Å². The SMILES string of the molecule is CCc1[nH]nc(C(=O)N2CCC3(C(=O)Nc4ccccc43)C2c2cnn(C)c2)c1C. The van der Waals surface area contributed by atoms with E-state index >= 15 is 0 Å². The molecule has 1 aromatic carbocycles. The van der Waals surface area contributed by atoms with Crippen LogP contribution < -0.4 is 5.32 Å². The molecule has 2 aliphatic rings. The lowest BCUT2D eigenvalue weighted by Crippen LogP contribution is -2.42. The summed E-state index contributed by atoms with van der Waals surface area (Å²) in [4.78, 5) is 28.8. The van der Waals surface area contributed by atoms with Crippen LogP contribution in [0, 0.1) is 6.92 Å². The molecule has 5 rings (SSSR count). The highest BCUT2D eigenvalue weighted by Crippen LogP contribution is 2.54. The summed E-state index contributed by atoms with van der Waals surface area (Å²) in [6.45, 7) is 4.41. The number of likely N-dealkylation sites (tertiary alicyclic amines) is 1. The number of amides is 2. The van der Waals surface area contributed by atoms with E-state index in [9.17, 15) is 9.59 Å². The highest BCUT2D eigenvalue weighted by atomic mass is 16.2. The maximum absolute atomic E-state index is 13.6. The number of aryl methyl sites for hydroxylation is 2. The molecule has 1 fully saturated rings. The van der Waals surface area contributed by atoms with Gasteiger partial charge in [0.15, 0.2) is 5.69 Å². The molecule has 154 valence electrons. The van der Waals surface area contributed by atoms with Gasteiger partial charge in [0.05, 0.1) is 12.2 Å². The Morgan fingerprint density at radius 1 is 1.33 bits per heavy atom. The molecule has 2 amide bonds. The molecule has 8 heteroatoms. The van der Waals surface area contributed by atoms with Gasteiger partial charge in [-0.1, -0.05) is 25.1 Å². The summed E-state index contributed by atoms with van der Waals surface area (Å²) in [6, 6.07) is 7.30. The summed E-state index contributed by atoms with van der Waals surface area (Å²) in [5.41, 5.74) is 4.00. The quantitative estimate of drug-likeness (QED) is 0.701. The Morgan fingerprint density at radius 2 is 2.13 bits per heavy atom. The Bertz CT molecular complexity index is 1160. The second-order valence-corrected chi connectivity index (χ2v) is 8.10. The van der Waals surface area contributed by atoms with E-state index in [0.29, 0.717) is 18.7 Å². The smallest absolute Gasteiger partial charge is 0.275 e. The van der Waals surface area contributed by atoms with Crippen molar-refractivity contribution in [1.29, 1.82) is 0 Å². The highest BCUT2D eigenvalue weighted by molar-refractivity contribution is 6.08. The van der Waals surface area contributed by atoms with E-state index < -0.39 is 11.5 Å². The van der Waals surface area contributed by atoms with Crippen LogP contribution in [0.3, 0.4) is 0 Å². The molecule has 4 heterocycles. The summed E-state index contributed by atoms with van der Waals surface area (Å²) in [6.07, 6.45) is 4.96. The Hall–Kier alpha value is -3.42. The molecule has 0 bridgehead atoms. The molecular weight excluding hydrogens is 380 g/mol. The lowest BCUT2D eigenvalue weighted by atomic mass is 9.73. The molecule has 2 aromatic heterocycles. The van der Waals surface area contributed by atoms with Gasteiger partial charge in [-0.15, -0.1) is 0 Å². The van der Waals surface area contributed by atoms with Crippen LogP contribution in [-0.4, -0.2) is 43.2 Å². The average Bonchev–Trinajstić information content (AvgIpc) is 3.49. The largest absolute Gasteiger partial charge is 0.329 e. The third kappa shape index (κ3) is 2.39. The van der Waals surface area contributed by atoms with Crippen molar-refractivity contribution >= 4 is 17.5 Å². The van der Waals surface area contributed by atoms with E-state index in [4.69, 9.17) is 0 Å². The number of aromatic nitrogens is 4. The van der Waals surface area contributed by atoms with Crippen molar-refractivity contribution in [2.24, 2.45) is 7.05 Å². The van der Waals surface area contributed by atoms with E-state index in [0.717, 1.165) is 34.5 Å². The Balaban J connectivity index is 1.65. The molecule has 1 saturated heterocycles. The van der Waals surface area contributed by atoms with Crippen LogP contribution in [0.2, 0.25) is 0 Å². The molecule has 0 saturated carbocycles. The first-order valence-electron chi connectivity index (χ1n) is 10.2. The van der Waals surface area contributed by atoms with Crippen LogP contribution in [-0.2, 0) is 23.7 Å². The first-order valence-corrected chi connectivity index (χ1v) is 10.2. The summed E-state index contributed by atoms with van der Waals surface area (Å²) in [5.74, 6) is -0.229. The van der Waals surface area contributed by atoms with Gasteiger partial charge in [-0.3, -0.25) is 19.4 Å². The lowest BCUT2D eigenvalue weighted by Gasteiger charge is -2.33. The molecule has 2 atom stereocenters. The van der Waals surface area contributed by atoms with Crippen LogP contribution in [0.4, 0.5) is 5.69 Å². The molecule has 3 aromatic rings. The zero-order valence-electron chi connectivity index (χ0n) is 17.3. The van der Waals surface area contributed by atoms with Gasteiger partial charge in [0.1, 0.15) is 5.41 Å². The number of hydrogen-bond donors (Lipinski definition) is 2. The number of H-pyrrole nitrogens is 1. The fourth-order valence-corrected chi connectivity index (χ4v) is 5.07. The lowest BCUT2D eigenvalue weighted by molar-refractivity contribution is -0.121. The van der Waals surface area contributed by atoms with Crippen LogP contribution in [0.1, 0.15) is 52.3 Å². The number of hydrogen-bond acceptors (Lipinski definition) is 4. The molecular formula is C22H24N6O2. The highest BCUT2D eigenvalue weighted by Gasteiger charge is 2.59. The number of nitrogens with zero attached hydrogens (tertiary/aromatic N) is 4. The predicted molar refractivity (Wildman–Crippen MR) is 111 cm³/mol. The zero-order chi connectivity index (χ0) is 21.0. The summed E-state index contributed by atoms with van der Waals surface area (Å²) in [5, 5.41) is 14.6. The standard InChI is InChI=1S/C22H24N6O2/c1-4-16-13(2)18(26-25-16)20(29)28-10-9-22(19(28)14-11-23-27(3)12-14)15-7-5-6-8-17(15)24-21(22)30/h5-8,11-12,19H,4,9-10H2,1-3H3,(H,24,30)(H,25,26). The van der Waals surface area contributed by atoms with Crippen LogP contribution >= 0.6 is 0 Å². The first kappa shape index (κ1) is 18.6.